The van der Waals surface area contributed by atoms with Crippen molar-refractivity contribution in [2.24, 2.45) is 0 Å². The molecule has 0 radical (unpaired) electrons. The molecule has 1 heterocycles. The van der Waals surface area contributed by atoms with Crippen LogP contribution in [-0.2, 0) is 24.2 Å². The summed E-state index contributed by atoms with van der Waals surface area (Å²) in [4.78, 5) is 13.2. The molecule has 1 aliphatic heterocycles. The zero-order chi connectivity index (χ0) is 23.9. The molecule has 0 bridgehead atoms. The molecule has 4 rings (SSSR count). The molecule has 1 atom stereocenters. The fourth-order valence-electron chi connectivity index (χ4n) is 3.59. The first kappa shape index (κ1) is 24.0. The van der Waals surface area contributed by atoms with Gasteiger partial charge in [-0.1, -0.05) is 66.7 Å². The number of carbonyl (C=O) groups excluding carboxylic acids is 1. The second-order valence-corrected chi connectivity index (χ2v) is 9.53. The average Bonchev–Trinajstić information content (AvgIpc) is 3.18. The van der Waals surface area contributed by atoms with Crippen molar-refractivity contribution in [3.05, 3.63) is 112 Å². The summed E-state index contributed by atoms with van der Waals surface area (Å²) >= 11 is 7.44. The van der Waals surface area contributed by atoms with E-state index < -0.39 is 0 Å². The second kappa shape index (κ2) is 11.3. The van der Waals surface area contributed by atoms with Crippen LogP contribution in [0, 0.1) is 0 Å². The van der Waals surface area contributed by atoms with Crippen LogP contribution in [0.1, 0.15) is 29.2 Å². The molecule has 1 amide bonds. The van der Waals surface area contributed by atoms with Crippen molar-refractivity contribution in [3.8, 4) is 5.75 Å². The molecule has 4 nitrogen and oxygen atoms in total. The summed E-state index contributed by atoms with van der Waals surface area (Å²) in [6.07, 6.45) is 5.44. The lowest BCUT2D eigenvalue weighted by Gasteiger charge is -2.13. The van der Waals surface area contributed by atoms with Crippen molar-refractivity contribution < 1.29 is 9.53 Å². The second-order valence-electron chi connectivity index (χ2n) is 7.95. The van der Waals surface area contributed by atoms with E-state index >= 15 is 0 Å². The molecule has 0 aliphatic carbocycles. The number of thioether (sulfide) groups is 1. The number of allylic oxidation sites excluding steroid dienone is 1. The molecule has 0 aromatic heterocycles. The standard InChI is InChI=1S/C28H27ClN2O2S/c1-3-5-22-16-21(10-15-25(22)33-18-20-6-11-23(29)12-7-20)17-26-27(32)31-28(34-26)30-24-13-8-19(4-2)9-14-24/h3,6-17,28,30H,1,4-5,18H2,2H3,(H,31,32)/b26-17-/t28-/m0/s1. The van der Waals surface area contributed by atoms with Gasteiger partial charge in [0.15, 0.2) is 5.50 Å². The third-order valence-corrected chi connectivity index (χ3v) is 6.73. The summed E-state index contributed by atoms with van der Waals surface area (Å²) in [6, 6.07) is 21.8. The summed E-state index contributed by atoms with van der Waals surface area (Å²) in [7, 11) is 0. The third-order valence-electron chi connectivity index (χ3n) is 5.44. The first-order valence-electron chi connectivity index (χ1n) is 11.2. The fourth-order valence-corrected chi connectivity index (χ4v) is 4.70. The predicted octanol–water partition coefficient (Wildman–Crippen LogP) is 6.81. The molecule has 3 aromatic rings. The van der Waals surface area contributed by atoms with Crippen LogP contribution < -0.4 is 15.4 Å². The Kier molecular flexibility index (Phi) is 7.99. The lowest BCUT2D eigenvalue weighted by atomic mass is 10.1. The molecule has 174 valence electrons. The smallest absolute Gasteiger partial charge is 0.260 e. The number of anilines is 1. The Bertz CT molecular complexity index is 1190. The highest BCUT2D eigenvalue weighted by molar-refractivity contribution is 8.05. The van der Waals surface area contributed by atoms with Crippen molar-refractivity contribution in [2.45, 2.75) is 31.9 Å². The highest BCUT2D eigenvalue weighted by Gasteiger charge is 2.27. The Morgan fingerprint density at radius 3 is 2.53 bits per heavy atom. The number of carbonyl (C=O) groups is 1. The van der Waals surface area contributed by atoms with Crippen LogP contribution in [0.15, 0.2) is 84.3 Å². The Balaban J connectivity index is 1.44. The van der Waals surface area contributed by atoms with Crippen LogP contribution in [-0.4, -0.2) is 11.4 Å². The van der Waals surface area contributed by atoms with Gasteiger partial charge in [-0.3, -0.25) is 4.79 Å². The maximum absolute atomic E-state index is 12.6. The quantitative estimate of drug-likeness (QED) is 0.255. The van der Waals surface area contributed by atoms with E-state index in [1.54, 1.807) is 0 Å². The maximum Gasteiger partial charge on any atom is 0.260 e. The summed E-state index contributed by atoms with van der Waals surface area (Å²) in [6.45, 7) is 6.45. The summed E-state index contributed by atoms with van der Waals surface area (Å²) < 4.78 is 6.06. The van der Waals surface area contributed by atoms with E-state index in [1.807, 2.05) is 66.7 Å². The highest BCUT2D eigenvalue weighted by Crippen LogP contribution is 2.31. The van der Waals surface area contributed by atoms with Crippen LogP contribution in [0.2, 0.25) is 5.02 Å². The van der Waals surface area contributed by atoms with Gasteiger partial charge in [0.1, 0.15) is 12.4 Å². The molecule has 0 spiro atoms. The molecule has 0 saturated carbocycles. The number of hydrogen-bond acceptors (Lipinski definition) is 4. The van der Waals surface area contributed by atoms with E-state index in [1.165, 1.54) is 17.3 Å². The molecule has 6 heteroatoms. The van der Waals surface area contributed by atoms with E-state index in [0.29, 0.717) is 23.0 Å². The van der Waals surface area contributed by atoms with Gasteiger partial charge in [0.05, 0.1) is 4.91 Å². The van der Waals surface area contributed by atoms with E-state index in [4.69, 9.17) is 16.3 Å². The number of benzene rings is 3. The normalized spacial score (nSPS) is 16.4. The number of ether oxygens (including phenoxy) is 1. The van der Waals surface area contributed by atoms with E-state index in [2.05, 4.69) is 36.3 Å². The molecule has 0 unspecified atom stereocenters. The van der Waals surface area contributed by atoms with Gasteiger partial charge in [0.2, 0.25) is 0 Å². The van der Waals surface area contributed by atoms with Crippen molar-refractivity contribution in [3.63, 3.8) is 0 Å². The monoisotopic (exact) mass is 490 g/mol. The minimum absolute atomic E-state index is 0.0824. The SMILES string of the molecule is C=CCc1cc(/C=C2\S[C@@H](Nc3ccc(CC)cc3)NC2=O)ccc1OCc1ccc(Cl)cc1. The van der Waals surface area contributed by atoms with Gasteiger partial charge < -0.3 is 15.4 Å². The first-order chi connectivity index (χ1) is 16.5. The number of aryl methyl sites for hydroxylation is 1. The average molecular weight is 491 g/mol. The summed E-state index contributed by atoms with van der Waals surface area (Å²) in [5, 5.41) is 7.06. The number of hydrogen-bond donors (Lipinski definition) is 2. The van der Waals surface area contributed by atoms with Crippen molar-refractivity contribution in [2.75, 3.05) is 5.32 Å². The van der Waals surface area contributed by atoms with Gasteiger partial charge in [-0.15, -0.1) is 6.58 Å². The third kappa shape index (κ3) is 6.25. The molecule has 1 fully saturated rings. The Morgan fingerprint density at radius 2 is 1.82 bits per heavy atom. The minimum atomic E-state index is -0.208. The Labute approximate surface area is 210 Å². The lowest BCUT2D eigenvalue weighted by molar-refractivity contribution is -0.116. The number of nitrogens with one attached hydrogen (secondary N) is 2. The molecular formula is C28H27ClN2O2S. The van der Waals surface area contributed by atoms with Gasteiger partial charge in [-0.05, 0) is 77.6 Å². The Hall–Kier alpha value is -3.15. The van der Waals surface area contributed by atoms with Gasteiger partial charge in [0, 0.05) is 10.7 Å². The van der Waals surface area contributed by atoms with Gasteiger partial charge in [0.25, 0.3) is 5.91 Å². The van der Waals surface area contributed by atoms with E-state index in [9.17, 15) is 4.79 Å². The number of amides is 1. The lowest BCUT2D eigenvalue weighted by Crippen LogP contribution is -2.30. The zero-order valence-corrected chi connectivity index (χ0v) is 20.6. The number of rotatable bonds is 9. The van der Waals surface area contributed by atoms with Gasteiger partial charge >= 0.3 is 0 Å². The molecule has 2 N–H and O–H groups in total. The minimum Gasteiger partial charge on any atom is -0.489 e. The predicted molar refractivity (Wildman–Crippen MR) is 143 cm³/mol. The van der Waals surface area contributed by atoms with Gasteiger partial charge in [-0.2, -0.15) is 0 Å². The van der Waals surface area contributed by atoms with Crippen LogP contribution >= 0.6 is 23.4 Å². The maximum atomic E-state index is 12.6. The summed E-state index contributed by atoms with van der Waals surface area (Å²) in [5.74, 6) is 0.719. The van der Waals surface area contributed by atoms with Crippen LogP contribution in [0.4, 0.5) is 5.69 Å². The molecule has 1 aliphatic rings. The van der Waals surface area contributed by atoms with Gasteiger partial charge in [-0.25, -0.2) is 0 Å². The highest BCUT2D eigenvalue weighted by atomic mass is 35.5. The first-order valence-corrected chi connectivity index (χ1v) is 12.5. The van der Waals surface area contributed by atoms with E-state index in [-0.39, 0.29) is 11.4 Å². The fraction of sp³-hybridized carbons (Fsp3) is 0.179. The molecule has 34 heavy (non-hydrogen) atoms. The Morgan fingerprint density at radius 1 is 1.09 bits per heavy atom. The van der Waals surface area contributed by atoms with Crippen molar-refractivity contribution in [1.29, 1.82) is 0 Å². The molecule has 3 aromatic carbocycles. The number of halogens is 1. The zero-order valence-electron chi connectivity index (χ0n) is 19.0. The van der Waals surface area contributed by atoms with E-state index in [0.717, 1.165) is 34.5 Å². The van der Waals surface area contributed by atoms with Crippen molar-refractivity contribution >= 4 is 41.0 Å². The van der Waals surface area contributed by atoms with Crippen LogP contribution in [0.3, 0.4) is 0 Å². The topological polar surface area (TPSA) is 50.4 Å². The molecule has 1 saturated heterocycles. The van der Waals surface area contributed by atoms with Crippen molar-refractivity contribution in [1.82, 2.24) is 5.32 Å². The largest absolute Gasteiger partial charge is 0.489 e. The summed E-state index contributed by atoms with van der Waals surface area (Å²) in [5.41, 5.74) is 5.06. The van der Waals surface area contributed by atoms with Crippen LogP contribution in [0.5, 0.6) is 5.75 Å². The molecular weight excluding hydrogens is 464 g/mol. The van der Waals surface area contributed by atoms with Crippen LogP contribution in [0.25, 0.3) is 6.08 Å².